The van der Waals surface area contributed by atoms with Crippen LogP contribution in [0.4, 0.5) is 0 Å². The van der Waals surface area contributed by atoms with Crippen LogP contribution < -0.4 is 0 Å². The summed E-state index contributed by atoms with van der Waals surface area (Å²) in [5, 5.41) is 8.41. The summed E-state index contributed by atoms with van der Waals surface area (Å²) in [6.45, 7) is 7.85. The summed E-state index contributed by atoms with van der Waals surface area (Å²) in [5.74, 6) is 1.86. The Hall–Kier alpha value is -0.860. The van der Waals surface area contributed by atoms with Crippen LogP contribution in [0, 0.1) is 5.92 Å². The Labute approximate surface area is 91.9 Å². The van der Waals surface area contributed by atoms with Crippen molar-refractivity contribution in [3.05, 3.63) is 12.2 Å². The summed E-state index contributed by atoms with van der Waals surface area (Å²) in [7, 11) is 0. The van der Waals surface area contributed by atoms with Crippen molar-refractivity contribution >= 4 is 0 Å². The van der Waals surface area contributed by atoms with Gasteiger partial charge in [-0.05, 0) is 18.8 Å². The van der Waals surface area contributed by atoms with E-state index in [1.54, 1.807) is 0 Å². The van der Waals surface area contributed by atoms with Gasteiger partial charge < -0.3 is 4.57 Å². The molecule has 1 aliphatic carbocycles. The molecule has 0 amide bonds. The second kappa shape index (κ2) is 3.95. The zero-order chi connectivity index (χ0) is 10.9. The Balaban J connectivity index is 2.23. The number of hydrogen-bond acceptors (Lipinski definition) is 2. The van der Waals surface area contributed by atoms with Crippen molar-refractivity contribution in [2.75, 3.05) is 0 Å². The van der Waals surface area contributed by atoms with Gasteiger partial charge in [-0.3, -0.25) is 0 Å². The third-order valence-electron chi connectivity index (χ3n) is 3.42. The summed E-state index contributed by atoms with van der Waals surface area (Å²) < 4.78 is 2.25. The molecule has 0 bridgehead atoms. The van der Waals surface area contributed by atoms with Gasteiger partial charge in [0.05, 0.1) is 0 Å². The maximum Gasteiger partial charge on any atom is 0.138 e. The Bertz CT molecular complexity index is 321. The van der Waals surface area contributed by atoms with Crippen LogP contribution in [0.25, 0.3) is 0 Å². The van der Waals surface area contributed by atoms with Gasteiger partial charge in [0.2, 0.25) is 0 Å². The van der Waals surface area contributed by atoms with Crippen molar-refractivity contribution in [2.45, 2.75) is 58.4 Å². The van der Waals surface area contributed by atoms with E-state index in [4.69, 9.17) is 0 Å². The van der Waals surface area contributed by atoms with Crippen molar-refractivity contribution in [1.82, 2.24) is 14.8 Å². The molecule has 0 saturated heterocycles. The minimum absolute atomic E-state index is 0.283. The second-order valence-corrected chi connectivity index (χ2v) is 5.47. The maximum atomic E-state index is 4.34. The molecule has 0 radical (unpaired) electrons. The minimum atomic E-state index is 0.283. The molecule has 0 N–H and O–H groups in total. The number of nitrogens with zero attached hydrogens (tertiary/aromatic N) is 3. The lowest BCUT2D eigenvalue weighted by molar-refractivity contribution is 0.408. The number of hydrogen-bond donors (Lipinski definition) is 0. The van der Waals surface area contributed by atoms with Gasteiger partial charge in [-0.2, -0.15) is 0 Å². The van der Waals surface area contributed by atoms with E-state index in [-0.39, 0.29) is 5.41 Å². The summed E-state index contributed by atoms with van der Waals surface area (Å²) in [4.78, 5) is 0. The summed E-state index contributed by atoms with van der Waals surface area (Å²) in [6.07, 6.45) is 7.10. The molecule has 84 valence electrons. The lowest BCUT2D eigenvalue weighted by atomic mass is 9.88. The molecule has 15 heavy (non-hydrogen) atoms. The van der Waals surface area contributed by atoms with E-state index in [9.17, 15) is 0 Å². The second-order valence-electron chi connectivity index (χ2n) is 5.47. The molecule has 3 nitrogen and oxygen atoms in total. The predicted octanol–water partition coefficient (Wildman–Crippen LogP) is 2.77. The van der Waals surface area contributed by atoms with Gasteiger partial charge in [0.15, 0.2) is 0 Å². The van der Waals surface area contributed by atoms with Crippen LogP contribution in [-0.2, 0) is 12.0 Å². The van der Waals surface area contributed by atoms with Crippen LogP contribution in [0.5, 0.6) is 0 Å². The van der Waals surface area contributed by atoms with Crippen LogP contribution in [0.3, 0.4) is 0 Å². The van der Waals surface area contributed by atoms with E-state index < -0.39 is 0 Å². The van der Waals surface area contributed by atoms with Crippen LogP contribution in [0.15, 0.2) is 6.33 Å². The number of aromatic nitrogens is 3. The van der Waals surface area contributed by atoms with Crippen molar-refractivity contribution in [3.63, 3.8) is 0 Å². The van der Waals surface area contributed by atoms with Crippen LogP contribution in [-0.4, -0.2) is 14.8 Å². The number of rotatable bonds is 3. The van der Waals surface area contributed by atoms with Gasteiger partial charge >= 0.3 is 0 Å². The predicted molar refractivity (Wildman–Crippen MR) is 60.7 cm³/mol. The SMILES string of the molecule is CC(C)Cn1cnnc1C1(C)CCCC1. The first-order chi connectivity index (χ1) is 7.12. The molecule has 1 fully saturated rings. The van der Waals surface area contributed by atoms with E-state index in [0.717, 1.165) is 6.54 Å². The third kappa shape index (κ3) is 2.06. The highest BCUT2D eigenvalue weighted by Gasteiger charge is 2.34. The summed E-state index contributed by atoms with van der Waals surface area (Å²) in [6, 6.07) is 0. The van der Waals surface area contributed by atoms with Gasteiger partial charge in [0.1, 0.15) is 12.2 Å². The molecule has 1 heterocycles. The van der Waals surface area contributed by atoms with E-state index in [1.165, 1.54) is 31.5 Å². The molecular formula is C12H21N3. The molecule has 0 aliphatic heterocycles. The molecule has 1 aliphatic rings. The minimum Gasteiger partial charge on any atom is -0.317 e. The quantitative estimate of drug-likeness (QED) is 0.763. The fourth-order valence-corrected chi connectivity index (χ4v) is 2.63. The molecule has 2 rings (SSSR count). The van der Waals surface area contributed by atoms with E-state index in [2.05, 4.69) is 35.5 Å². The normalized spacial score (nSPS) is 20.0. The van der Waals surface area contributed by atoms with Gasteiger partial charge in [-0.25, -0.2) is 0 Å². The first kappa shape index (κ1) is 10.7. The Morgan fingerprint density at radius 3 is 2.67 bits per heavy atom. The highest BCUT2D eigenvalue weighted by molar-refractivity contribution is 5.08. The van der Waals surface area contributed by atoms with Crippen molar-refractivity contribution < 1.29 is 0 Å². The molecule has 0 atom stereocenters. The average Bonchev–Trinajstić information content (AvgIpc) is 2.73. The molecule has 1 saturated carbocycles. The molecule has 1 aromatic heterocycles. The fourth-order valence-electron chi connectivity index (χ4n) is 2.63. The zero-order valence-corrected chi connectivity index (χ0v) is 10.0. The Kier molecular flexibility index (Phi) is 2.81. The molecule has 3 heteroatoms. The highest BCUT2D eigenvalue weighted by atomic mass is 15.3. The van der Waals surface area contributed by atoms with Crippen LogP contribution in [0.1, 0.15) is 52.3 Å². The fraction of sp³-hybridized carbons (Fsp3) is 0.833. The lowest BCUT2D eigenvalue weighted by Gasteiger charge is -2.23. The summed E-state index contributed by atoms with van der Waals surface area (Å²) >= 11 is 0. The van der Waals surface area contributed by atoms with Gasteiger partial charge in [-0.15, -0.1) is 10.2 Å². The highest BCUT2D eigenvalue weighted by Crippen LogP contribution is 2.39. The molecule has 1 aromatic rings. The van der Waals surface area contributed by atoms with Crippen molar-refractivity contribution in [2.24, 2.45) is 5.92 Å². The first-order valence-electron chi connectivity index (χ1n) is 6.00. The van der Waals surface area contributed by atoms with Crippen LogP contribution >= 0.6 is 0 Å². The lowest BCUT2D eigenvalue weighted by Crippen LogP contribution is -2.24. The maximum absolute atomic E-state index is 4.34. The zero-order valence-electron chi connectivity index (χ0n) is 10.0. The molecule has 0 spiro atoms. The Morgan fingerprint density at radius 1 is 1.40 bits per heavy atom. The molecule has 0 unspecified atom stereocenters. The van der Waals surface area contributed by atoms with E-state index in [0.29, 0.717) is 5.92 Å². The van der Waals surface area contributed by atoms with Gasteiger partial charge in [0.25, 0.3) is 0 Å². The monoisotopic (exact) mass is 207 g/mol. The third-order valence-corrected chi connectivity index (χ3v) is 3.42. The average molecular weight is 207 g/mol. The van der Waals surface area contributed by atoms with E-state index >= 15 is 0 Å². The standard InChI is InChI=1S/C12H21N3/c1-10(2)8-15-9-13-14-11(15)12(3)6-4-5-7-12/h9-10H,4-8H2,1-3H3. The van der Waals surface area contributed by atoms with Gasteiger partial charge in [-0.1, -0.05) is 33.6 Å². The topological polar surface area (TPSA) is 30.7 Å². The summed E-state index contributed by atoms with van der Waals surface area (Å²) in [5.41, 5.74) is 0.283. The van der Waals surface area contributed by atoms with Crippen LogP contribution in [0.2, 0.25) is 0 Å². The largest absolute Gasteiger partial charge is 0.317 e. The van der Waals surface area contributed by atoms with Crippen molar-refractivity contribution in [3.8, 4) is 0 Å². The van der Waals surface area contributed by atoms with E-state index in [1.807, 2.05) is 6.33 Å². The van der Waals surface area contributed by atoms with Crippen molar-refractivity contribution in [1.29, 1.82) is 0 Å². The molecule has 0 aromatic carbocycles. The molecular weight excluding hydrogens is 186 g/mol. The first-order valence-corrected chi connectivity index (χ1v) is 6.00. The van der Waals surface area contributed by atoms with Gasteiger partial charge in [0, 0.05) is 12.0 Å². The Morgan fingerprint density at radius 2 is 2.07 bits per heavy atom. The smallest absolute Gasteiger partial charge is 0.138 e.